The van der Waals surface area contributed by atoms with Crippen molar-refractivity contribution in [3.8, 4) is 0 Å². The van der Waals surface area contributed by atoms with Crippen molar-refractivity contribution >= 4 is 5.69 Å². The van der Waals surface area contributed by atoms with Crippen LogP contribution in [0.4, 0.5) is 5.69 Å². The fraction of sp³-hybridized carbons (Fsp3) is 0.571. The number of ether oxygens (including phenoxy) is 1. The number of para-hydroxylation sites is 1. The van der Waals surface area contributed by atoms with Crippen LogP contribution in [-0.4, -0.2) is 42.1 Å². The monoisotopic (exact) mass is 251 g/mol. The van der Waals surface area contributed by atoms with Crippen LogP contribution in [0.25, 0.3) is 0 Å². The molecule has 18 heavy (non-hydrogen) atoms. The van der Waals surface area contributed by atoms with Crippen molar-refractivity contribution in [2.24, 2.45) is 0 Å². The van der Waals surface area contributed by atoms with Crippen molar-refractivity contribution in [1.82, 2.24) is 0 Å². The van der Waals surface area contributed by atoms with E-state index in [1.807, 2.05) is 31.2 Å². The van der Waals surface area contributed by atoms with E-state index in [4.69, 9.17) is 4.74 Å². The molecule has 1 aromatic rings. The van der Waals surface area contributed by atoms with Gasteiger partial charge in [-0.2, -0.15) is 0 Å². The molecule has 0 spiro atoms. The number of morpholine rings is 1. The summed E-state index contributed by atoms with van der Waals surface area (Å²) >= 11 is 0. The molecule has 2 N–H and O–H groups in total. The molecule has 1 aliphatic rings. The van der Waals surface area contributed by atoms with Gasteiger partial charge in [-0.15, -0.1) is 0 Å². The summed E-state index contributed by atoms with van der Waals surface area (Å²) in [5.41, 5.74) is 1.95. The van der Waals surface area contributed by atoms with Gasteiger partial charge in [0.2, 0.25) is 0 Å². The number of anilines is 1. The Labute approximate surface area is 108 Å². The molecule has 0 aromatic heterocycles. The molecule has 1 aliphatic heterocycles. The molecule has 4 nitrogen and oxygen atoms in total. The summed E-state index contributed by atoms with van der Waals surface area (Å²) in [5, 5.41) is 19.1. The van der Waals surface area contributed by atoms with Crippen LogP contribution in [-0.2, 0) is 4.74 Å². The number of hydrogen-bond acceptors (Lipinski definition) is 4. The second kappa shape index (κ2) is 5.69. The van der Waals surface area contributed by atoms with Crippen LogP contribution < -0.4 is 4.90 Å². The molecule has 1 aromatic carbocycles. The van der Waals surface area contributed by atoms with Crippen LogP contribution in [0.3, 0.4) is 0 Å². The number of nitrogens with zero attached hydrogens (tertiary/aromatic N) is 1. The summed E-state index contributed by atoms with van der Waals surface area (Å²) in [5.74, 6) is 0. The maximum absolute atomic E-state index is 9.82. The zero-order chi connectivity index (χ0) is 13.1. The van der Waals surface area contributed by atoms with Crippen LogP contribution in [0, 0.1) is 0 Å². The standard InChI is InChI=1S/C14H21NO3/c1-10-7-15(8-12(9-16)18-10)14-6-4-3-5-13(14)11(2)17/h3-6,10-12,16-17H,7-9H2,1-2H3/t10?,11-,12?/m0/s1. The summed E-state index contributed by atoms with van der Waals surface area (Å²) in [4.78, 5) is 2.18. The molecule has 0 radical (unpaired) electrons. The molecule has 4 heteroatoms. The van der Waals surface area contributed by atoms with E-state index in [9.17, 15) is 10.2 Å². The van der Waals surface area contributed by atoms with Gasteiger partial charge in [-0.25, -0.2) is 0 Å². The molecule has 0 saturated carbocycles. The van der Waals surface area contributed by atoms with Gasteiger partial charge >= 0.3 is 0 Å². The third-order valence-corrected chi connectivity index (χ3v) is 3.26. The average Bonchev–Trinajstić information content (AvgIpc) is 2.38. The van der Waals surface area contributed by atoms with Crippen molar-refractivity contribution in [2.45, 2.75) is 32.2 Å². The molecular formula is C14H21NO3. The maximum atomic E-state index is 9.82. The highest BCUT2D eigenvalue weighted by Crippen LogP contribution is 2.28. The Balaban J connectivity index is 2.25. The normalized spacial score (nSPS) is 26.1. The van der Waals surface area contributed by atoms with Gasteiger partial charge in [-0.05, 0) is 19.9 Å². The quantitative estimate of drug-likeness (QED) is 0.851. The zero-order valence-corrected chi connectivity index (χ0v) is 10.9. The van der Waals surface area contributed by atoms with E-state index in [-0.39, 0.29) is 18.8 Å². The minimum atomic E-state index is -0.494. The third kappa shape index (κ3) is 2.83. The lowest BCUT2D eigenvalue weighted by Crippen LogP contribution is -2.48. The van der Waals surface area contributed by atoms with Gasteiger partial charge in [0.05, 0.1) is 24.9 Å². The Bertz CT molecular complexity index is 394. The Morgan fingerprint density at radius 3 is 2.78 bits per heavy atom. The molecular weight excluding hydrogens is 230 g/mol. The first-order valence-corrected chi connectivity index (χ1v) is 6.40. The predicted molar refractivity (Wildman–Crippen MR) is 70.7 cm³/mol. The van der Waals surface area contributed by atoms with Gasteiger partial charge in [0.1, 0.15) is 0 Å². The van der Waals surface area contributed by atoms with Crippen molar-refractivity contribution in [3.05, 3.63) is 29.8 Å². The Kier molecular flexibility index (Phi) is 4.22. The van der Waals surface area contributed by atoms with Crippen LogP contribution in [0.15, 0.2) is 24.3 Å². The van der Waals surface area contributed by atoms with Crippen LogP contribution >= 0.6 is 0 Å². The van der Waals surface area contributed by atoms with E-state index in [2.05, 4.69) is 4.90 Å². The van der Waals surface area contributed by atoms with E-state index in [0.717, 1.165) is 17.8 Å². The minimum absolute atomic E-state index is 0.0255. The smallest absolute Gasteiger partial charge is 0.0984 e. The fourth-order valence-corrected chi connectivity index (χ4v) is 2.47. The highest BCUT2D eigenvalue weighted by Gasteiger charge is 2.26. The highest BCUT2D eigenvalue weighted by atomic mass is 16.5. The lowest BCUT2D eigenvalue weighted by atomic mass is 10.1. The van der Waals surface area contributed by atoms with Crippen molar-refractivity contribution in [2.75, 3.05) is 24.6 Å². The molecule has 100 valence electrons. The fourth-order valence-electron chi connectivity index (χ4n) is 2.47. The summed E-state index contributed by atoms with van der Waals surface area (Å²) in [6.07, 6.45) is -0.569. The first kappa shape index (κ1) is 13.3. The van der Waals surface area contributed by atoms with Crippen molar-refractivity contribution in [3.63, 3.8) is 0 Å². The van der Waals surface area contributed by atoms with E-state index in [1.54, 1.807) is 6.92 Å². The van der Waals surface area contributed by atoms with Gasteiger partial charge in [0, 0.05) is 24.3 Å². The zero-order valence-electron chi connectivity index (χ0n) is 10.9. The number of benzene rings is 1. The van der Waals surface area contributed by atoms with Crippen molar-refractivity contribution < 1.29 is 14.9 Å². The van der Waals surface area contributed by atoms with Crippen LogP contribution in [0.1, 0.15) is 25.5 Å². The topological polar surface area (TPSA) is 52.9 Å². The van der Waals surface area contributed by atoms with Gasteiger partial charge in [0.25, 0.3) is 0 Å². The van der Waals surface area contributed by atoms with Gasteiger partial charge in [0.15, 0.2) is 0 Å². The van der Waals surface area contributed by atoms with Crippen LogP contribution in [0.5, 0.6) is 0 Å². The molecule has 2 unspecified atom stereocenters. The highest BCUT2D eigenvalue weighted by molar-refractivity contribution is 5.55. The van der Waals surface area contributed by atoms with Crippen LogP contribution in [0.2, 0.25) is 0 Å². The Morgan fingerprint density at radius 1 is 1.39 bits per heavy atom. The number of hydrogen-bond donors (Lipinski definition) is 2. The molecule has 1 fully saturated rings. The lowest BCUT2D eigenvalue weighted by Gasteiger charge is -2.38. The first-order valence-electron chi connectivity index (χ1n) is 6.40. The van der Waals surface area contributed by atoms with Gasteiger partial charge < -0.3 is 19.8 Å². The summed E-state index contributed by atoms with van der Waals surface area (Å²) in [7, 11) is 0. The van der Waals surface area contributed by atoms with E-state index < -0.39 is 6.10 Å². The summed E-state index contributed by atoms with van der Waals surface area (Å²) in [6, 6.07) is 7.84. The van der Waals surface area contributed by atoms with E-state index in [0.29, 0.717) is 6.54 Å². The number of aliphatic hydroxyl groups excluding tert-OH is 2. The van der Waals surface area contributed by atoms with Crippen molar-refractivity contribution in [1.29, 1.82) is 0 Å². The molecule has 0 amide bonds. The average molecular weight is 251 g/mol. The molecule has 1 heterocycles. The number of aliphatic hydroxyl groups is 2. The molecule has 0 bridgehead atoms. The third-order valence-electron chi connectivity index (χ3n) is 3.26. The first-order chi connectivity index (χ1) is 8.61. The molecule has 1 saturated heterocycles. The van der Waals surface area contributed by atoms with E-state index >= 15 is 0 Å². The van der Waals surface area contributed by atoms with Gasteiger partial charge in [-0.3, -0.25) is 0 Å². The Hall–Kier alpha value is -1.10. The molecule has 2 rings (SSSR count). The minimum Gasteiger partial charge on any atom is -0.394 e. The summed E-state index contributed by atoms with van der Waals surface area (Å²) < 4.78 is 5.63. The predicted octanol–water partition coefficient (Wildman–Crippen LogP) is 1.33. The SMILES string of the molecule is CC1CN(c2ccccc2[C@H](C)O)CC(CO)O1. The molecule has 0 aliphatic carbocycles. The maximum Gasteiger partial charge on any atom is 0.0984 e. The van der Waals surface area contributed by atoms with Gasteiger partial charge in [-0.1, -0.05) is 18.2 Å². The lowest BCUT2D eigenvalue weighted by molar-refractivity contribution is -0.0422. The second-order valence-electron chi connectivity index (χ2n) is 4.89. The largest absolute Gasteiger partial charge is 0.394 e. The second-order valence-corrected chi connectivity index (χ2v) is 4.89. The summed E-state index contributed by atoms with van der Waals surface area (Å²) in [6.45, 7) is 5.23. The Morgan fingerprint density at radius 2 is 2.11 bits per heavy atom. The molecule has 3 atom stereocenters. The number of rotatable bonds is 3. The van der Waals surface area contributed by atoms with E-state index in [1.165, 1.54) is 0 Å².